The summed E-state index contributed by atoms with van der Waals surface area (Å²) in [6.45, 7) is 2.56. The Morgan fingerprint density at radius 2 is 1.81 bits per heavy atom. The molecule has 7 heteroatoms. The van der Waals surface area contributed by atoms with Crippen molar-refractivity contribution >= 4 is 17.4 Å². The molecule has 1 aliphatic rings. The molecule has 6 nitrogen and oxygen atoms in total. The zero-order chi connectivity index (χ0) is 21.8. The number of fused-ring (bicyclic) bond motifs is 3. The van der Waals surface area contributed by atoms with Gasteiger partial charge in [-0.05, 0) is 29.5 Å². The summed E-state index contributed by atoms with van der Waals surface area (Å²) >= 11 is 1.54. The molecule has 5 rings (SSSR count). The highest BCUT2D eigenvalue weighted by Crippen LogP contribution is 2.39. The van der Waals surface area contributed by atoms with Gasteiger partial charge in [-0.15, -0.1) is 10.2 Å². The van der Waals surface area contributed by atoms with Gasteiger partial charge in [-0.25, -0.2) is 0 Å². The lowest BCUT2D eigenvalue weighted by atomic mass is 10.1. The van der Waals surface area contributed by atoms with Crippen molar-refractivity contribution < 1.29 is 9.47 Å². The Morgan fingerprint density at radius 3 is 2.69 bits per heavy atom. The summed E-state index contributed by atoms with van der Waals surface area (Å²) in [7, 11) is 0. The molecule has 4 aromatic rings. The molecule has 32 heavy (non-hydrogen) atoms. The fourth-order valence-electron chi connectivity index (χ4n) is 3.50. The number of hydrogen-bond donors (Lipinski definition) is 1. The second-order valence-corrected chi connectivity index (χ2v) is 8.45. The van der Waals surface area contributed by atoms with Crippen molar-refractivity contribution in [1.29, 1.82) is 0 Å². The van der Waals surface area contributed by atoms with Gasteiger partial charge in [0, 0.05) is 16.8 Å². The van der Waals surface area contributed by atoms with Crippen LogP contribution in [0.25, 0.3) is 11.3 Å². The molecule has 3 aromatic carbocycles. The van der Waals surface area contributed by atoms with Gasteiger partial charge in [0.2, 0.25) is 11.0 Å². The molecule has 0 aliphatic carbocycles. The van der Waals surface area contributed by atoms with Gasteiger partial charge >= 0.3 is 0 Å². The lowest BCUT2D eigenvalue weighted by molar-refractivity contribution is 0.224. The number of thioether (sulfide) groups is 1. The van der Waals surface area contributed by atoms with Crippen LogP contribution in [0.1, 0.15) is 24.3 Å². The lowest BCUT2D eigenvalue weighted by Gasteiger charge is -2.20. The topological polar surface area (TPSA) is 69.2 Å². The number of para-hydroxylation sites is 1. The van der Waals surface area contributed by atoms with Crippen LogP contribution in [0.3, 0.4) is 0 Å². The molecule has 1 N–H and O–H groups in total. The van der Waals surface area contributed by atoms with Crippen LogP contribution in [0.4, 0.5) is 5.69 Å². The fourth-order valence-corrected chi connectivity index (χ4v) is 4.00. The Bertz CT molecular complexity index is 1220. The van der Waals surface area contributed by atoms with Crippen molar-refractivity contribution in [2.45, 2.75) is 24.9 Å². The van der Waals surface area contributed by atoms with E-state index in [4.69, 9.17) is 9.47 Å². The van der Waals surface area contributed by atoms with Crippen LogP contribution in [0.15, 0.2) is 84.0 Å². The summed E-state index contributed by atoms with van der Waals surface area (Å²) in [5, 5.41) is 12.8. The second-order valence-electron chi connectivity index (χ2n) is 7.22. The number of rotatable bonds is 6. The predicted molar refractivity (Wildman–Crippen MR) is 126 cm³/mol. The molecule has 0 amide bonds. The normalized spacial score (nSPS) is 14.3. The summed E-state index contributed by atoms with van der Waals surface area (Å²) in [5.41, 5.74) is 4.51. The van der Waals surface area contributed by atoms with Crippen LogP contribution in [0.5, 0.6) is 11.6 Å². The SMILES string of the molecule is CCSc1nnc2c(n1)O[C@H](c1cccc(OCc3ccccc3)c1)Nc1ccccc1-2. The van der Waals surface area contributed by atoms with E-state index in [1.165, 1.54) is 11.8 Å². The molecule has 0 saturated heterocycles. The minimum Gasteiger partial charge on any atom is -0.489 e. The van der Waals surface area contributed by atoms with Crippen molar-refractivity contribution in [1.82, 2.24) is 15.2 Å². The minimum absolute atomic E-state index is 0.450. The van der Waals surface area contributed by atoms with E-state index in [-0.39, 0.29) is 0 Å². The van der Waals surface area contributed by atoms with Crippen LogP contribution >= 0.6 is 11.8 Å². The number of hydrogen-bond acceptors (Lipinski definition) is 7. The van der Waals surface area contributed by atoms with E-state index in [0.717, 1.165) is 33.9 Å². The third-order valence-corrected chi connectivity index (χ3v) is 5.74. The van der Waals surface area contributed by atoms with Crippen LogP contribution in [0.2, 0.25) is 0 Å². The van der Waals surface area contributed by atoms with E-state index in [1.54, 1.807) is 0 Å². The standard InChI is InChI=1S/C25H22N4O2S/c1-2-32-25-27-24-22(28-29-25)20-13-6-7-14-21(20)26-23(31-24)18-11-8-12-19(15-18)30-16-17-9-4-3-5-10-17/h3-15,23,26H,2,16H2,1H3/t23-/m1/s1. The molecular weight excluding hydrogens is 420 g/mol. The highest BCUT2D eigenvalue weighted by Gasteiger charge is 2.26. The van der Waals surface area contributed by atoms with E-state index >= 15 is 0 Å². The maximum absolute atomic E-state index is 6.34. The number of nitrogens with one attached hydrogen (secondary N) is 1. The number of ether oxygens (including phenoxy) is 2. The number of anilines is 1. The monoisotopic (exact) mass is 442 g/mol. The first-order valence-electron chi connectivity index (χ1n) is 10.5. The highest BCUT2D eigenvalue weighted by molar-refractivity contribution is 7.99. The predicted octanol–water partition coefficient (Wildman–Crippen LogP) is 5.73. The zero-order valence-electron chi connectivity index (χ0n) is 17.6. The largest absolute Gasteiger partial charge is 0.489 e. The highest BCUT2D eigenvalue weighted by atomic mass is 32.2. The minimum atomic E-state index is -0.450. The first-order chi connectivity index (χ1) is 15.8. The van der Waals surface area contributed by atoms with Gasteiger partial charge in [-0.2, -0.15) is 4.98 Å². The molecule has 0 radical (unpaired) electrons. The van der Waals surface area contributed by atoms with Crippen LogP contribution in [-0.2, 0) is 6.61 Å². The smallest absolute Gasteiger partial charge is 0.247 e. The Balaban J connectivity index is 1.46. The van der Waals surface area contributed by atoms with Gasteiger partial charge in [0.15, 0.2) is 11.9 Å². The van der Waals surface area contributed by atoms with Crippen molar-refractivity contribution in [3.63, 3.8) is 0 Å². The Hall–Kier alpha value is -3.58. The molecule has 160 valence electrons. The van der Waals surface area contributed by atoms with E-state index < -0.39 is 6.23 Å². The molecule has 0 spiro atoms. The van der Waals surface area contributed by atoms with E-state index in [2.05, 4.69) is 27.4 Å². The Morgan fingerprint density at radius 1 is 0.969 bits per heavy atom. The molecule has 0 fully saturated rings. The van der Waals surface area contributed by atoms with Gasteiger partial charge in [0.1, 0.15) is 12.4 Å². The van der Waals surface area contributed by atoms with Crippen molar-refractivity contribution in [2.75, 3.05) is 11.1 Å². The summed E-state index contributed by atoms with van der Waals surface area (Å²) in [6.07, 6.45) is -0.450. The summed E-state index contributed by atoms with van der Waals surface area (Å²) < 4.78 is 12.4. The quantitative estimate of drug-likeness (QED) is 0.382. The van der Waals surface area contributed by atoms with Gasteiger partial charge in [0.25, 0.3) is 0 Å². The summed E-state index contributed by atoms with van der Waals surface area (Å²) in [6, 6.07) is 26.0. The molecule has 1 atom stereocenters. The van der Waals surface area contributed by atoms with Gasteiger partial charge in [-0.1, -0.05) is 79.3 Å². The average Bonchev–Trinajstić information content (AvgIpc) is 3.00. The second kappa shape index (κ2) is 9.28. The Kier molecular flexibility index (Phi) is 5.89. The fraction of sp³-hybridized carbons (Fsp3) is 0.160. The number of nitrogens with zero attached hydrogens (tertiary/aromatic N) is 3. The third kappa shape index (κ3) is 4.38. The summed E-state index contributed by atoms with van der Waals surface area (Å²) in [4.78, 5) is 4.63. The summed E-state index contributed by atoms with van der Waals surface area (Å²) in [5.74, 6) is 2.10. The van der Waals surface area contributed by atoms with Crippen LogP contribution in [-0.4, -0.2) is 20.9 Å². The van der Waals surface area contributed by atoms with Crippen molar-refractivity contribution in [3.8, 4) is 22.9 Å². The van der Waals surface area contributed by atoms with Gasteiger partial charge in [0.05, 0.1) is 0 Å². The maximum Gasteiger partial charge on any atom is 0.247 e. The molecule has 0 saturated carbocycles. The van der Waals surface area contributed by atoms with Gasteiger partial charge in [-0.3, -0.25) is 0 Å². The van der Waals surface area contributed by atoms with E-state index in [9.17, 15) is 0 Å². The number of benzene rings is 3. The third-order valence-electron chi connectivity index (χ3n) is 5.02. The van der Waals surface area contributed by atoms with Crippen LogP contribution < -0.4 is 14.8 Å². The average molecular weight is 443 g/mol. The molecule has 1 aliphatic heterocycles. The molecule has 1 aromatic heterocycles. The van der Waals surface area contributed by atoms with Crippen molar-refractivity contribution in [3.05, 3.63) is 90.0 Å². The molecule has 0 bridgehead atoms. The molecular formula is C25H22N4O2S. The molecule has 0 unspecified atom stereocenters. The molecule has 2 heterocycles. The van der Waals surface area contributed by atoms with Crippen LogP contribution in [0, 0.1) is 0 Å². The van der Waals surface area contributed by atoms with Crippen molar-refractivity contribution in [2.24, 2.45) is 0 Å². The first-order valence-corrected chi connectivity index (χ1v) is 11.5. The maximum atomic E-state index is 6.34. The van der Waals surface area contributed by atoms with E-state index in [1.807, 2.05) is 78.9 Å². The first kappa shape index (κ1) is 20.3. The lowest BCUT2D eigenvalue weighted by Crippen LogP contribution is -2.17. The van der Waals surface area contributed by atoms with E-state index in [0.29, 0.717) is 23.3 Å². The Labute approximate surface area is 191 Å². The van der Waals surface area contributed by atoms with Gasteiger partial charge < -0.3 is 14.8 Å². The zero-order valence-corrected chi connectivity index (χ0v) is 18.4. The number of aromatic nitrogens is 3.